The molecule has 3 rings (SSSR count). The second-order valence-electron chi connectivity index (χ2n) is 6.53. The van der Waals surface area contributed by atoms with E-state index in [1.807, 2.05) is 89.2 Å². The van der Waals surface area contributed by atoms with Gasteiger partial charge in [-0.1, -0.05) is 82.3 Å². The van der Waals surface area contributed by atoms with Crippen LogP contribution in [0.4, 0.5) is 0 Å². The Hall–Kier alpha value is -1.78. The van der Waals surface area contributed by atoms with Gasteiger partial charge in [-0.25, -0.2) is 4.68 Å². The number of hydrogen-bond acceptors (Lipinski definition) is 3. The average Bonchev–Trinajstić information content (AvgIpc) is 2.68. The molecule has 0 aliphatic heterocycles. The van der Waals surface area contributed by atoms with Gasteiger partial charge in [-0.05, 0) is 23.6 Å². The molecule has 0 saturated carbocycles. The van der Waals surface area contributed by atoms with Crippen LogP contribution >= 0.6 is 0 Å². The van der Waals surface area contributed by atoms with E-state index in [9.17, 15) is 9.90 Å². The Morgan fingerprint density at radius 3 is 2.10 bits per heavy atom. The van der Waals surface area contributed by atoms with Gasteiger partial charge in [0.05, 0.1) is 12.1 Å². The molecule has 0 spiro atoms. The topological polar surface area (TPSA) is 55.1 Å². The second-order valence-corrected chi connectivity index (χ2v) is 6.53. The summed E-state index contributed by atoms with van der Waals surface area (Å²) in [4.78, 5) is 13.1. The number of aromatic nitrogens is 2. The number of aryl methyl sites for hydroxylation is 1. The first-order valence-electron chi connectivity index (χ1n) is 9.43. The SMILES string of the molecule is CC.Cc1ccccc1-c1c(O)c(C(C)C)nn(Cc2ccccc2)c1=O.[CH3-].[Y]. The fourth-order valence-corrected chi connectivity index (χ4v) is 2.93. The number of nitrogens with zero attached hydrogens (tertiary/aromatic N) is 2. The van der Waals surface area contributed by atoms with E-state index in [0.29, 0.717) is 17.8 Å². The van der Waals surface area contributed by atoms with E-state index in [2.05, 4.69) is 5.10 Å². The normalized spacial score (nSPS) is 9.72. The van der Waals surface area contributed by atoms with Crippen LogP contribution < -0.4 is 5.56 Å². The smallest absolute Gasteiger partial charge is 0.278 e. The molecule has 0 saturated heterocycles. The van der Waals surface area contributed by atoms with Gasteiger partial charge in [-0.3, -0.25) is 4.79 Å². The monoisotopic (exact) mass is 468 g/mol. The van der Waals surface area contributed by atoms with Gasteiger partial charge in [0.1, 0.15) is 5.69 Å². The zero-order chi connectivity index (χ0) is 20.0. The van der Waals surface area contributed by atoms with Crippen molar-refractivity contribution >= 4 is 0 Å². The van der Waals surface area contributed by atoms with Crippen LogP contribution in [0.1, 0.15) is 50.4 Å². The Bertz CT molecular complexity index is 951. The molecule has 1 heterocycles. The summed E-state index contributed by atoms with van der Waals surface area (Å²) >= 11 is 0. The summed E-state index contributed by atoms with van der Waals surface area (Å²) in [5.41, 5.74) is 3.27. The van der Waals surface area contributed by atoms with Gasteiger partial charge in [0.25, 0.3) is 5.56 Å². The zero-order valence-corrected chi connectivity index (χ0v) is 21.1. The Kier molecular flexibility index (Phi) is 11.9. The van der Waals surface area contributed by atoms with Crippen molar-refractivity contribution in [2.24, 2.45) is 0 Å². The Morgan fingerprint density at radius 2 is 1.55 bits per heavy atom. The third-order valence-corrected chi connectivity index (χ3v) is 4.29. The van der Waals surface area contributed by atoms with Crippen LogP contribution in [-0.4, -0.2) is 14.9 Å². The molecule has 5 heteroatoms. The van der Waals surface area contributed by atoms with E-state index in [1.165, 1.54) is 4.68 Å². The van der Waals surface area contributed by atoms with Gasteiger partial charge >= 0.3 is 0 Å². The molecule has 0 aliphatic rings. The molecule has 1 aromatic heterocycles. The van der Waals surface area contributed by atoms with E-state index in [0.717, 1.165) is 16.7 Å². The largest absolute Gasteiger partial charge is 0.505 e. The van der Waals surface area contributed by atoms with E-state index in [1.54, 1.807) is 0 Å². The van der Waals surface area contributed by atoms with Gasteiger partial charge < -0.3 is 12.5 Å². The number of benzene rings is 2. The minimum atomic E-state index is -0.278. The van der Waals surface area contributed by atoms with Crippen LogP contribution in [0, 0.1) is 14.4 Å². The van der Waals surface area contributed by atoms with Gasteiger partial charge in [0, 0.05) is 38.6 Å². The molecule has 3 aromatic rings. The van der Waals surface area contributed by atoms with Crippen molar-refractivity contribution in [3.8, 4) is 16.9 Å². The zero-order valence-electron chi connectivity index (χ0n) is 18.3. The molecular weight excluding hydrogens is 437 g/mol. The quantitative estimate of drug-likeness (QED) is 0.510. The molecule has 1 N–H and O–H groups in total. The minimum absolute atomic E-state index is 0. The van der Waals surface area contributed by atoms with Crippen molar-refractivity contribution in [1.82, 2.24) is 9.78 Å². The third kappa shape index (κ3) is 6.35. The van der Waals surface area contributed by atoms with Crippen LogP contribution in [0.15, 0.2) is 59.4 Å². The van der Waals surface area contributed by atoms with Crippen molar-refractivity contribution in [2.45, 2.75) is 47.1 Å². The van der Waals surface area contributed by atoms with Crippen molar-refractivity contribution in [3.05, 3.63) is 89.2 Å². The first kappa shape index (κ1) is 27.2. The predicted octanol–water partition coefficient (Wildman–Crippen LogP) is 5.57. The summed E-state index contributed by atoms with van der Waals surface area (Å²) in [6.07, 6.45) is 0. The van der Waals surface area contributed by atoms with Crippen molar-refractivity contribution in [1.29, 1.82) is 0 Å². The predicted molar refractivity (Wildman–Crippen MR) is 118 cm³/mol. The molecule has 0 amide bonds. The molecule has 2 aromatic carbocycles. The van der Waals surface area contributed by atoms with Gasteiger partial charge in [0.15, 0.2) is 5.75 Å². The van der Waals surface area contributed by atoms with Crippen LogP contribution in [0.25, 0.3) is 11.1 Å². The van der Waals surface area contributed by atoms with Crippen LogP contribution in [0.5, 0.6) is 5.75 Å². The summed E-state index contributed by atoms with van der Waals surface area (Å²) in [5, 5.41) is 15.2. The van der Waals surface area contributed by atoms with Gasteiger partial charge in [-0.15, -0.1) is 0 Å². The molecule has 0 atom stereocenters. The van der Waals surface area contributed by atoms with Crippen molar-refractivity contribution in [3.63, 3.8) is 0 Å². The molecule has 29 heavy (non-hydrogen) atoms. The van der Waals surface area contributed by atoms with Crippen molar-refractivity contribution < 1.29 is 37.8 Å². The molecule has 153 valence electrons. The fourth-order valence-electron chi connectivity index (χ4n) is 2.93. The van der Waals surface area contributed by atoms with E-state index in [-0.39, 0.29) is 57.4 Å². The molecule has 0 unspecified atom stereocenters. The summed E-state index contributed by atoms with van der Waals surface area (Å²) in [7, 11) is 0. The van der Waals surface area contributed by atoms with E-state index in [4.69, 9.17) is 0 Å². The van der Waals surface area contributed by atoms with Crippen LogP contribution in [-0.2, 0) is 39.3 Å². The third-order valence-electron chi connectivity index (χ3n) is 4.29. The standard InChI is InChI=1S/C21H22N2O2.C2H6.CH3.Y/c1-14(2)19-20(24)18(17-12-8-7-9-15(17)3)21(25)23(22-19)13-16-10-5-4-6-11-16;1-2;;/h4-12,14,24H,13H2,1-3H3;1-2H3;1H3;/q;;-1;. The summed E-state index contributed by atoms with van der Waals surface area (Å²) in [6, 6.07) is 17.3. The minimum Gasteiger partial charge on any atom is -0.505 e. The van der Waals surface area contributed by atoms with E-state index < -0.39 is 0 Å². The molecule has 1 radical (unpaired) electrons. The Morgan fingerprint density at radius 1 is 1.00 bits per heavy atom. The summed E-state index contributed by atoms with van der Waals surface area (Å²) in [6.45, 7) is 10.2. The van der Waals surface area contributed by atoms with Gasteiger partial charge in [0.2, 0.25) is 0 Å². The maximum Gasteiger partial charge on any atom is 0.278 e. The number of rotatable bonds is 4. The maximum absolute atomic E-state index is 13.1. The first-order chi connectivity index (χ1) is 13.0. The Labute approximate surface area is 199 Å². The molecule has 4 nitrogen and oxygen atoms in total. The molecule has 0 fully saturated rings. The average molecular weight is 468 g/mol. The van der Waals surface area contributed by atoms with Crippen LogP contribution in [0.2, 0.25) is 0 Å². The molecule has 0 bridgehead atoms. The fraction of sp³-hybridized carbons (Fsp3) is 0.292. The Balaban J connectivity index is 0.00000190. The second kappa shape index (κ2) is 12.7. The van der Waals surface area contributed by atoms with Gasteiger partial charge in [-0.2, -0.15) is 5.10 Å². The number of hydrogen-bond donors (Lipinski definition) is 1. The van der Waals surface area contributed by atoms with Crippen LogP contribution in [0.3, 0.4) is 0 Å². The van der Waals surface area contributed by atoms with E-state index >= 15 is 0 Å². The number of aromatic hydroxyl groups is 1. The molecular formula is C24H31N2O2Y-. The first-order valence-corrected chi connectivity index (χ1v) is 9.43. The summed E-state index contributed by atoms with van der Waals surface area (Å²) < 4.78 is 1.45. The molecule has 0 aliphatic carbocycles. The van der Waals surface area contributed by atoms with Crippen molar-refractivity contribution in [2.75, 3.05) is 0 Å². The maximum atomic E-state index is 13.1. The summed E-state index contributed by atoms with van der Waals surface area (Å²) in [5.74, 6) is -0.0102.